The van der Waals surface area contributed by atoms with Crippen molar-refractivity contribution in [1.29, 1.82) is 0 Å². The number of ether oxygens (including phenoxy) is 1. The van der Waals surface area contributed by atoms with E-state index in [1.165, 1.54) is 18.2 Å². The number of hydrogen-bond acceptors (Lipinski definition) is 4. The maximum Gasteiger partial charge on any atom is 0.317 e. The summed E-state index contributed by atoms with van der Waals surface area (Å²) < 4.78 is 4.85. The van der Waals surface area contributed by atoms with E-state index in [0.717, 1.165) is 0 Å². The van der Waals surface area contributed by atoms with Gasteiger partial charge in [0.1, 0.15) is 11.7 Å². The number of carbonyl (C=O) groups is 2. The average Bonchev–Trinajstić information content (AvgIpc) is 2.36. The molecule has 1 N–H and O–H groups in total. The van der Waals surface area contributed by atoms with Gasteiger partial charge in [-0.1, -0.05) is 18.2 Å². The van der Waals surface area contributed by atoms with Gasteiger partial charge >= 0.3 is 5.97 Å². The molecule has 1 atom stereocenters. The number of para-hydroxylation sites is 1. The monoisotopic (exact) mass is 248 g/mol. The second-order valence-electron chi connectivity index (χ2n) is 3.71. The lowest BCUT2D eigenvalue weighted by atomic mass is 9.94. The number of carbonyl (C=O) groups excluding carboxylic acids is 2. The third kappa shape index (κ3) is 3.20. The van der Waals surface area contributed by atoms with Crippen LogP contribution in [-0.2, 0) is 9.53 Å². The van der Waals surface area contributed by atoms with Crippen LogP contribution in [0.1, 0.15) is 23.7 Å². The third-order valence-corrected chi connectivity index (χ3v) is 2.46. The summed E-state index contributed by atoms with van der Waals surface area (Å²) in [6, 6.07) is 6.12. The molecule has 0 radical (unpaired) electrons. The van der Waals surface area contributed by atoms with E-state index in [2.05, 4.69) is 6.58 Å². The summed E-state index contributed by atoms with van der Waals surface area (Å²) in [5.41, 5.74) is 0.123. The molecule has 0 fully saturated rings. The molecule has 0 bridgehead atoms. The number of esters is 1. The molecule has 1 aromatic rings. The summed E-state index contributed by atoms with van der Waals surface area (Å²) in [5, 5.41) is 9.61. The highest BCUT2D eigenvalue weighted by atomic mass is 16.5. The normalized spacial score (nSPS) is 11.6. The van der Waals surface area contributed by atoms with Crippen molar-refractivity contribution in [1.82, 2.24) is 0 Å². The van der Waals surface area contributed by atoms with E-state index in [4.69, 9.17) is 4.74 Å². The average molecular weight is 248 g/mol. The number of rotatable bonds is 6. The van der Waals surface area contributed by atoms with Gasteiger partial charge in [0.2, 0.25) is 0 Å². The molecule has 96 valence electrons. The molecule has 0 heterocycles. The first-order valence-corrected chi connectivity index (χ1v) is 5.71. The molecule has 0 saturated heterocycles. The van der Waals surface area contributed by atoms with Crippen molar-refractivity contribution in [2.45, 2.75) is 13.3 Å². The fraction of sp³-hybridized carbons (Fsp3) is 0.286. The predicted octanol–water partition coefficient (Wildman–Crippen LogP) is 2.33. The molecule has 0 aliphatic carbocycles. The van der Waals surface area contributed by atoms with Gasteiger partial charge in [0.05, 0.1) is 12.2 Å². The molecule has 1 unspecified atom stereocenters. The van der Waals surface area contributed by atoms with Crippen LogP contribution in [0.25, 0.3) is 0 Å². The Kier molecular flexibility index (Phi) is 5.11. The summed E-state index contributed by atoms with van der Waals surface area (Å²) in [7, 11) is 0. The van der Waals surface area contributed by atoms with Gasteiger partial charge in [-0.15, -0.1) is 6.58 Å². The molecule has 0 spiro atoms. The standard InChI is InChI=1S/C14H16O4/c1-3-7-11(14(17)18-4-2)13(16)10-8-5-6-9-12(10)15/h3,5-6,8-9,11,15H,1,4,7H2,2H3. The smallest absolute Gasteiger partial charge is 0.317 e. The van der Waals surface area contributed by atoms with Crippen LogP contribution in [-0.4, -0.2) is 23.5 Å². The molecule has 0 saturated carbocycles. The molecule has 1 rings (SSSR count). The van der Waals surface area contributed by atoms with Gasteiger partial charge in [0.25, 0.3) is 0 Å². The second kappa shape index (κ2) is 6.59. The van der Waals surface area contributed by atoms with Crippen molar-refractivity contribution in [3.63, 3.8) is 0 Å². The van der Waals surface area contributed by atoms with Gasteiger partial charge < -0.3 is 9.84 Å². The molecule has 1 aromatic carbocycles. The van der Waals surface area contributed by atoms with Gasteiger partial charge in [-0.2, -0.15) is 0 Å². The van der Waals surface area contributed by atoms with Crippen LogP contribution in [0.3, 0.4) is 0 Å². The Bertz CT molecular complexity index is 451. The first-order chi connectivity index (χ1) is 8.61. The minimum absolute atomic E-state index is 0.123. The van der Waals surface area contributed by atoms with Crippen molar-refractivity contribution in [3.8, 4) is 5.75 Å². The van der Waals surface area contributed by atoms with Gasteiger partial charge in [-0.25, -0.2) is 0 Å². The SMILES string of the molecule is C=CCC(C(=O)OCC)C(=O)c1ccccc1O. The van der Waals surface area contributed by atoms with E-state index in [-0.39, 0.29) is 24.3 Å². The molecule has 0 aliphatic heterocycles. The van der Waals surface area contributed by atoms with Gasteiger partial charge in [0, 0.05) is 0 Å². The number of phenols is 1. The van der Waals surface area contributed by atoms with Crippen LogP contribution in [0.15, 0.2) is 36.9 Å². The number of aromatic hydroxyl groups is 1. The van der Waals surface area contributed by atoms with E-state index in [1.807, 2.05) is 0 Å². The molecule has 0 aliphatic rings. The molecule has 4 heteroatoms. The number of allylic oxidation sites excluding steroid dienone is 1. The Morgan fingerprint density at radius 1 is 1.44 bits per heavy atom. The lowest BCUT2D eigenvalue weighted by molar-refractivity contribution is -0.146. The summed E-state index contributed by atoms with van der Waals surface area (Å²) in [4.78, 5) is 23.9. The Morgan fingerprint density at radius 3 is 2.67 bits per heavy atom. The van der Waals surface area contributed by atoms with Crippen LogP contribution in [0, 0.1) is 5.92 Å². The lowest BCUT2D eigenvalue weighted by Crippen LogP contribution is -2.26. The van der Waals surface area contributed by atoms with Crippen LogP contribution in [0.5, 0.6) is 5.75 Å². The molecule has 0 amide bonds. The van der Waals surface area contributed by atoms with E-state index in [0.29, 0.717) is 0 Å². The van der Waals surface area contributed by atoms with Gasteiger partial charge in [0.15, 0.2) is 5.78 Å². The quantitative estimate of drug-likeness (QED) is 0.363. The van der Waals surface area contributed by atoms with Crippen molar-refractivity contribution in [3.05, 3.63) is 42.5 Å². The number of Topliss-reactive ketones (excluding diaryl/α,β-unsaturated/α-hetero) is 1. The van der Waals surface area contributed by atoms with E-state index < -0.39 is 17.7 Å². The zero-order chi connectivity index (χ0) is 13.5. The Morgan fingerprint density at radius 2 is 2.11 bits per heavy atom. The molecular weight excluding hydrogens is 232 g/mol. The maximum absolute atomic E-state index is 12.2. The fourth-order valence-corrected chi connectivity index (χ4v) is 1.59. The number of hydrogen-bond donors (Lipinski definition) is 1. The minimum atomic E-state index is -0.948. The van der Waals surface area contributed by atoms with Crippen molar-refractivity contribution < 1.29 is 19.4 Å². The van der Waals surface area contributed by atoms with Crippen molar-refractivity contribution in [2.75, 3.05) is 6.61 Å². The third-order valence-electron chi connectivity index (χ3n) is 2.46. The van der Waals surface area contributed by atoms with Crippen molar-refractivity contribution >= 4 is 11.8 Å². The second-order valence-corrected chi connectivity index (χ2v) is 3.71. The largest absolute Gasteiger partial charge is 0.507 e. The summed E-state index contributed by atoms with van der Waals surface area (Å²) >= 11 is 0. The summed E-state index contributed by atoms with van der Waals surface area (Å²) in [6.45, 7) is 5.40. The highest BCUT2D eigenvalue weighted by molar-refractivity contribution is 6.10. The highest BCUT2D eigenvalue weighted by Gasteiger charge is 2.29. The zero-order valence-electron chi connectivity index (χ0n) is 10.3. The van der Waals surface area contributed by atoms with Crippen LogP contribution < -0.4 is 0 Å². The Hall–Kier alpha value is -2.10. The Labute approximate surface area is 106 Å². The van der Waals surface area contributed by atoms with E-state index in [9.17, 15) is 14.7 Å². The first kappa shape index (κ1) is 14.0. The van der Waals surface area contributed by atoms with Crippen LogP contribution >= 0.6 is 0 Å². The van der Waals surface area contributed by atoms with Gasteiger partial charge in [-0.05, 0) is 25.5 Å². The summed E-state index contributed by atoms with van der Waals surface area (Å²) in [5.74, 6) is -2.13. The molecular formula is C14H16O4. The summed E-state index contributed by atoms with van der Waals surface area (Å²) in [6.07, 6.45) is 1.67. The van der Waals surface area contributed by atoms with E-state index >= 15 is 0 Å². The molecule has 0 aromatic heterocycles. The van der Waals surface area contributed by atoms with Gasteiger partial charge in [-0.3, -0.25) is 9.59 Å². The molecule has 4 nitrogen and oxygen atoms in total. The van der Waals surface area contributed by atoms with Crippen LogP contribution in [0.4, 0.5) is 0 Å². The van der Waals surface area contributed by atoms with E-state index in [1.54, 1.807) is 19.1 Å². The minimum Gasteiger partial charge on any atom is -0.507 e. The van der Waals surface area contributed by atoms with Crippen LogP contribution in [0.2, 0.25) is 0 Å². The topological polar surface area (TPSA) is 63.6 Å². The molecule has 18 heavy (non-hydrogen) atoms. The van der Waals surface area contributed by atoms with Crippen molar-refractivity contribution in [2.24, 2.45) is 5.92 Å². The predicted molar refractivity (Wildman–Crippen MR) is 67.4 cm³/mol. The number of phenolic OH excluding ortho intramolecular Hbond substituents is 1. The lowest BCUT2D eigenvalue weighted by Gasteiger charge is -2.13. The number of ketones is 1. The first-order valence-electron chi connectivity index (χ1n) is 5.71. The fourth-order valence-electron chi connectivity index (χ4n) is 1.59. The zero-order valence-corrected chi connectivity index (χ0v) is 10.3. The number of benzene rings is 1. The maximum atomic E-state index is 12.2. The Balaban J connectivity index is 2.99. The highest BCUT2D eigenvalue weighted by Crippen LogP contribution is 2.22.